The van der Waals surface area contributed by atoms with Crippen molar-refractivity contribution < 1.29 is 19.1 Å². The Labute approximate surface area is 186 Å². The molecule has 1 atom stereocenters. The van der Waals surface area contributed by atoms with Gasteiger partial charge < -0.3 is 14.8 Å². The van der Waals surface area contributed by atoms with Crippen molar-refractivity contribution in [1.82, 2.24) is 5.32 Å². The molecule has 1 heterocycles. The van der Waals surface area contributed by atoms with E-state index in [-0.39, 0.29) is 30.0 Å². The normalized spacial score (nSPS) is 15.7. The van der Waals surface area contributed by atoms with Crippen LogP contribution in [0.15, 0.2) is 65.2 Å². The molecule has 0 bridgehead atoms. The van der Waals surface area contributed by atoms with Crippen LogP contribution < -0.4 is 10.1 Å². The van der Waals surface area contributed by atoms with Crippen molar-refractivity contribution in [1.29, 1.82) is 5.26 Å². The van der Waals surface area contributed by atoms with E-state index < -0.39 is 0 Å². The monoisotopic (exact) mass is 436 g/mol. The first kappa shape index (κ1) is 22.4. The van der Waals surface area contributed by atoms with Crippen LogP contribution in [0, 0.1) is 11.3 Å². The molecule has 1 unspecified atom stereocenters. The summed E-state index contributed by atoms with van der Waals surface area (Å²) < 4.78 is 10.9. The average molecular weight is 437 g/mol. The Hall–Kier alpha value is -3.24. The predicted molar refractivity (Wildman–Crippen MR) is 119 cm³/mol. The highest BCUT2D eigenvalue weighted by molar-refractivity contribution is 8.03. The van der Waals surface area contributed by atoms with Gasteiger partial charge in [0.1, 0.15) is 12.4 Å². The van der Waals surface area contributed by atoms with Gasteiger partial charge in [-0.25, -0.2) is 0 Å². The summed E-state index contributed by atoms with van der Waals surface area (Å²) in [6.07, 6.45) is 0.921. The van der Waals surface area contributed by atoms with E-state index in [1.54, 1.807) is 0 Å². The molecule has 1 amide bonds. The molecule has 2 aromatic carbocycles. The molecular weight excluding hydrogens is 412 g/mol. The maximum atomic E-state index is 12.3. The van der Waals surface area contributed by atoms with Crippen LogP contribution in [0.25, 0.3) is 0 Å². The second-order valence-corrected chi connectivity index (χ2v) is 8.00. The summed E-state index contributed by atoms with van der Waals surface area (Å²) in [6.45, 7) is 2.74. The van der Waals surface area contributed by atoms with Gasteiger partial charge in [-0.1, -0.05) is 61.2 Å². The molecule has 0 aliphatic carbocycles. The van der Waals surface area contributed by atoms with E-state index in [1.807, 2.05) is 61.5 Å². The summed E-state index contributed by atoms with van der Waals surface area (Å²) in [5.41, 5.74) is 2.38. The lowest BCUT2D eigenvalue weighted by molar-refractivity contribution is -0.140. The number of hydrogen-bond donors (Lipinski definition) is 1. The Morgan fingerprint density at radius 1 is 1.19 bits per heavy atom. The zero-order chi connectivity index (χ0) is 22.1. The summed E-state index contributed by atoms with van der Waals surface area (Å²) in [7, 11) is 0. The lowest BCUT2D eigenvalue weighted by Gasteiger charge is -2.25. The van der Waals surface area contributed by atoms with Crippen LogP contribution in [0.5, 0.6) is 5.75 Å². The minimum Gasteiger partial charge on any atom is -0.489 e. The molecule has 2 aromatic rings. The van der Waals surface area contributed by atoms with Gasteiger partial charge in [0.25, 0.3) is 0 Å². The quantitative estimate of drug-likeness (QED) is 0.590. The number of rotatable bonds is 9. The molecular formula is C24H24N2O4S. The number of allylic oxidation sites excluding steroid dienone is 1. The van der Waals surface area contributed by atoms with Gasteiger partial charge in [-0.15, -0.1) is 0 Å². The highest BCUT2D eigenvalue weighted by atomic mass is 32.2. The lowest BCUT2D eigenvalue weighted by atomic mass is 9.87. The number of nitriles is 1. The Morgan fingerprint density at radius 3 is 2.61 bits per heavy atom. The maximum Gasteiger partial charge on any atom is 0.316 e. The second kappa shape index (κ2) is 11.2. The van der Waals surface area contributed by atoms with Crippen molar-refractivity contribution >= 4 is 23.6 Å². The molecule has 31 heavy (non-hydrogen) atoms. The molecule has 0 aromatic heterocycles. The molecule has 0 saturated carbocycles. The average Bonchev–Trinajstić information content (AvgIpc) is 2.80. The van der Waals surface area contributed by atoms with Gasteiger partial charge in [-0.2, -0.15) is 5.26 Å². The number of ether oxygens (including phenoxy) is 2. The topological polar surface area (TPSA) is 88.4 Å². The number of carbonyl (C=O) groups is 2. The lowest BCUT2D eigenvalue weighted by Crippen LogP contribution is -2.31. The van der Waals surface area contributed by atoms with Crippen molar-refractivity contribution in [3.8, 4) is 11.8 Å². The fraction of sp³-hybridized carbons (Fsp3) is 0.292. The molecule has 160 valence electrons. The molecule has 0 fully saturated rings. The minimum atomic E-state index is -0.368. The molecule has 0 radical (unpaired) electrons. The van der Waals surface area contributed by atoms with Gasteiger partial charge >= 0.3 is 5.97 Å². The minimum absolute atomic E-state index is 0.0414. The van der Waals surface area contributed by atoms with Crippen LogP contribution in [0.3, 0.4) is 0 Å². The third-order valence-electron chi connectivity index (χ3n) is 4.69. The Balaban J connectivity index is 1.70. The largest absolute Gasteiger partial charge is 0.489 e. The van der Waals surface area contributed by atoms with Crippen LogP contribution in [0.1, 0.15) is 36.8 Å². The molecule has 0 saturated heterocycles. The van der Waals surface area contributed by atoms with Gasteiger partial charge in [0.05, 0.1) is 29.0 Å². The molecule has 0 spiro atoms. The number of thioether (sulfide) groups is 1. The summed E-state index contributed by atoms with van der Waals surface area (Å²) >= 11 is 1.13. The Bertz CT molecular complexity index is 981. The number of nitrogens with one attached hydrogen (secondary N) is 1. The number of nitrogens with zero attached hydrogens (tertiary/aromatic N) is 1. The van der Waals surface area contributed by atoms with Gasteiger partial charge in [-0.05, 0) is 29.7 Å². The predicted octanol–water partition coefficient (Wildman–Crippen LogP) is 4.29. The third-order valence-corrected chi connectivity index (χ3v) is 5.68. The standard InChI is InChI=1S/C24H24N2O4S/c1-2-12-29-23(28)16-31-24-21(14-25)20(13-22(27)26-24)18-8-10-19(11-9-18)30-15-17-6-4-3-5-7-17/h3-11,20H,2,12-13,15-16H2,1H3,(H,26,27). The zero-order valence-electron chi connectivity index (χ0n) is 17.3. The first-order valence-corrected chi connectivity index (χ1v) is 11.1. The summed E-state index contributed by atoms with van der Waals surface area (Å²) in [4.78, 5) is 24.1. The summed E-state index contributed by atoms with van der Waals surface area (Å²) in [5, 5.41) is 12.9. The SMILES string of the molecule is CCCOC(=O)CSC1=C(C#N)C(c2ccc(OCc3ccccc3)cc2)CC(=O)N1. The number of amides is 1. The van der Waals surface area contributed by atoms with E-state index in [0.717, 1.165) is 29.3 Å². The van der Waals surface area contributed by atoms with E-state index in [0.29, 0.717) is 29.6 Å². The van der Waals surface area contributed by atoms with Crippen LogP contribution >= 0.6 is 11.8 Å². The molecule has 1 N–H and O–H groups in total. The Kier molecular flexibility index (Phi) is 8.13. The fourth-order valence-electron chi connectivity index (χ4n) is 3.14. The van der Waals surface area contributed by atoms with E-state index >= 15 is 0 Å². The van der Waals surface area contributed by atoms with Crippen molar-refractivity contribution in [2.45, 2.75) is 32.3 Å². The van der Waals surface area contributed by atoms with Crippen molar-refractivity contribution in [2.75, 3.05) is 12.4 Å². The zero-order valence-corrected chi connectivity index (χ0v) is 18.1. The summed E-state index contributed by atoms with van der Waals surface area (Å²) in [6, 6.07) is 19.5. The fourth-order valence-corrected chi connectivity index (χ4v) is 4.02. The maximum absolute atomic E-state index is 12.3. The van der Waals surface area contributed by atoms with Crippen molar-refractivity contribution in [3.05, 3.63) is 76.3 Å². The van der Waals surface area contributed by atoms with Crippen molar-refractivity contribution in [2.24, 2.45) is 0 Å². The number of benzene rings is 2. The van der Waals surface area contributed by atoms with Gasteiger partial charge in [0, 0.05) is 12.3 Å². The molecule has 6 nitrogen and oxygen atoms in total. The first-order valence-electron chi connectivity index (χ1n) is 10.1. The molecule has 7 heteroatoms. The second-order valence-electron chi connectivity index (χ2n) is 7.01. The van der Waals surface area contributed by atoms with Crippen LogP contribution in [-0.2, 0) is 20.9 Å². The smallest absolute Gasteiger partial charge is 0.316 e. The third kappa shape index (κ3) is 6.37. The molecule has 1 aliphatic heterocycles. The van der Waals surface area contributed by atoms with Gasteiger partial charge in [0.2, 0.25) is 5.91 Å². The Morgan fingerprint density at radius 2 is 1.94 bits per heavy atom. The van der Waals surface area contributed by atoms with Crippen LogP contribution in [-0.4, -0.2) is 24.2 Å². The number of esters is 1. The highest BCUT2D eigenvalue weighted by Gasteiger charge is 2.30. The van der Waals surface area contributed by atoms with E-state index in [4.69, 9.17) is 9.47 Å². The first-order chi connectivity index (χ1) is 15.1. The van der Waals surface area contributed by atoms with Crippen LogP contribution in [0.2, 0.25) is 0 Å². The molecule has 1 aliphatic rings. The number of carbonyl (C=O) groups excluding carboxylic acids is 2. The van der Waals surface area contributed by atoms with E-state index in [9.17, 15) is 14.9 Å². The van der Waals surface area contributed by atoms with Gasteiger partial charge in [-0.3, -0.25) is 9.59 Å². The van der Waals surface area contributed by atoms with E-state index in [2.05, 4.69) is 11.4 Å². The van der Waals surface area contributed by atoms with E-state index in [1.165, 1.54) is 0 Å². The van der Waals surface area contributed by atoms with Crippen LogP contribution in [0.4, 0.5) is 0 Å². The summed E-state index contributed by atoms with van der Waals surface area (Å²) in [5.74, 6) is -0.162. The highest BCUT2D eigenvalue weighted by Crippen LogP contribution is 2.36. The van der Waals surface area contributed by atoms with Crippen molar-refractivity contribution in [3.63, 3.8) is 0 Å². The van der Waals surface area contributed by atoms with Gasteiger partial charge in [0.15, 0.2) is 0 Å². The molecule has 3 rings (SSSR count). The number of hydrogen-bond acceptors (Lipinski definition) is 6.